The molecule has 7 heteroatoms. The Morgan fingerprint density at radius 2 is 1.88 bits per heavy atom. The Hall–Kier alpha value is -3.22. The van der Waals surface area contributed by atoms with E-state index < -0.39 is 4.92 Å². The highest BCUT2D eigenvalue weighted by molar-refractivity contribution is 6.04. The van der Waals surface area contributed by atoms with Gasteiger partial charge in [-0.2, -0.15) is 0 Å². The normalized spacial score (nSPS) is 10.7. The van der Waals surface area contributed by atoms with Gasteiger partial charge in [-0.3, -0.25) is 19.9 Å². The van der Waals surface area contributed by atoms with Crippen molar-refractivity contribution in [1.82, 2.24) is 0 Å². The average Bonchev–Trinajstić information content (AvgIpc) is 2.62. The van der Waals surface area contributed by atoms with Crippen LogP contribution in [0.4, 0.5) is 11.4 Å². The summed E-state index contributed by atoms with van der Waals surface area (Å²) in [6.07, 6.45) is 1.60. The number of aryl methyl sites for hydroxylation is 1. The van der Waals surface area contributed by atoms with E-state index in [1.54, 1.807) is 31.2 Å². The van der Waals surface area contributed by atoms with Crippen LogP contribution in [0.5, 0.6) is 11.5 Å². The molecule has 0 bridgehead atoms. The Bertz CT molecular complexity index is 830. The molecule has 0 aliphatic carbocycles. The number of carbonyl (C=O) groups is 1. The first kappa shape index (κ1) is 18.1. The maximum absolute atomic E-state index is 12.3. The minimum absolute atomic E-state index is 0.0119. The summed E-state index contributed by atoms with van der Waals surface area (Å²) >= 11 is 0. The molecule has 0 unspecified atom stereocenters. The van der Waals surface area contributed by atoms with E-state index in [1.165, 1.54) is 32.6 Å². The van der Waals surface area contributed by atoms with Gasteiger partial charge >= 0.3 is 0 Å². The number of benzene rings is 2. The summed E-state index contributed by atoms with van der Waals surface area (Å²) in [7, 11) is 3.03. The Morgan fingerprint density at radius 3 is 2.48 bits per heavy atom. The maximum Gasteiger partial charge on any atom is 0.269 e. The van der Waals surface area contributed by atoms with Crippen LogP contribution in [0.25, 0.3) is 0 Å². The lowest BCUT2D eigenvalue weighted by molar-refractivity contribution is -0.384. The van der Waals surface area contributed by atoms with E-state index in [2.05, 4.69) is 4.99 Å². The van der Waals surface area contributed by atoms with Crippen molar-refractivity contribution in [2.75, 3.05) is 14.2 Å². The van der Waals surface area contributed by atoms with Gasteiger partial charge in [-0.15, -0.1) is 0 Å². The molecule has 130 valence electrons. The Morgan fingerprint density at radius 1 is 1.16 bits per heavy atom. The average molecular weight is 342 g/mol. The number of rotatable bonds is 7. The molecule has 0 aliphatic rings. The summed E-state index contributed by atoms with van der Waals surface area (Å²) < 4.78 is 10.3. The molecule has 0 spiro atoms. The van der Waals surface area contributed by atoms with E-state index in [0.29, 0.717) is 28.3 Å². The van der Waals surface area contributed by atoms with Crippen LogP contribution in [-0.2, 0) is 0 Å². The monoisotopic (exact) mass is 342 g/mol. The van der Waals surface area contributed by atoms with Crippen LogP contribution in [0, 0.1) is 17.0 Å². The smallest absolute Gasteiger partial charge is 0.269 e. The van der Waals surface area contributed by atoms with Gasteiger partial charge in [0.15, 0.2) is 17.3 Å². The van der Waals surface area contributed by atoms with Gasteiger partial charge in [-0.05, 0) is 36.8 Å². The number of non-ortho nitro benzene ring substituents is 1. The molecule has 0 fully saturated rings. The zero-order valence-corrected chi connectivity index (χ0v) is 14.2. The number of methoxy groups -OCH3 is 2. The van der Waals surface area contributed by atoms with Gasteiger partial charge in [0.25, 0.3) is 5.69 Å². The minimum atomic E-state index is -0.457. The molecule has 0 atom stereocenters. The molecule has 7 nitrogen and oxygen atoms in total. The topological polar surface area (TPSA) is 91.0 Å². The fourth-order valence-electron chi connectivity index (χ4n) is 2.25. The van der Waals surface area contributed by atoms with Gasteiger partial charge in [0.1, 0.15) is 0 Å². The van der Waals surface area contributed by atoms with Gasteiger partial charge in [0, 0.05) is 30.3 Å². The number of ether oxygens (including phenoxy) is 2. The first-order valence-corrected chi connectivity index (χ1v) is 7.49. The Balaban J connectivity index is 2.09. The number of hydrogen-bond donors (Lipinski definition) is 0. The second kappa shape index (κ2) is 8.05. The molecular formula is C18H18N2O5. The van der Waals surface area contributed by atoms with Crippen LogP contribution >= 0.6 is 0 Å². The SMILES string of the molecule is COc1ccc(C(=O)CC=Nc2ccc([N+](=O)[O-])cc2C)cc1OC. The lowest BCUT2D eigenvalue weighted by Crippen LogP contribution is -2.01. The van der Waals surface area contributed by atoms with Gasteiger partial charge in [-0.1, -0.05) is 0 Å². The van der Waals surface area contributed by atoms with Crippen LogP contribution < -0.4 is 9.47 Å². The van der Waals surface area contributed by atoms with E-state index in [0.717, 1.165) is 0 Å². The van der Waals surface area contributed by atoms with Gasteiger partial charge in [-0.25, -0.2) is 0 Å². The third-order valence-corrected chi connectivity index (χ3v) is 3.60. The lowest BCUT2D eigenvalue weighted by Gasteiger charge is -2.08. The van der Waals surface area contributed by atoms with Crippen molar-refractivity contribution in [1.29, 1.82) is 0 Å². The molecular weight excluding hydrogens is 324 g/mol. The summed E-state index contributed by atoms with van der Waals surface area (Å²) in [5.74, 6) is 0.912. The second-order valence-electron chi connectivity index (χ2n) is 5.24. The molecule has 0 aliphatic heterocycles. The van der Waals surface area contributed by atoms with Crippen LogP contribution in [0.15, 0.2) is 41.4 Å². The summed E-state index contributed by atoms with van der Waals surface area (Å²) in [5, 5.41) is 10.7. The molecule has 25 heavy (non-hydrogen) atoms. The van der Waals surface area contributed by atoms with E-state index in [4.69, 9.17) is 9.47 Å². The Labute approximate surface area is 145 Å². The standard InChI is InChI=1S/C18H18N2O5/c1-12-10-14(20(22)23)5-6-15(12)19-9-8-16(21)13-4-7-17(24-2)18(11-13)25-3/h4-7,9-11H,8H2,1-3H3. The molecule has 0 saturated carbocycles. The van der Waals surface area contributed by atoms with E-state index >= 15 is 0 Å². The van der Waals surface area contributed by atoms with Gasteiger partial charge in [0.05, 0.1) is 24.8 Å². The van der Waals surface area contributed by atoms with E-state index in [9.17, 15) is 14.9 Å². The highest BCUT2D eigenvalue weighted by Gasteiger charge is 2.10. The highest BCUT2D eigenvalue weighted by atomic mass is 16.6. The number of nitro groups is 1. The second-order valence-corrected chi connectivity index (χ2v) is 5.24. The van der Waals surface area contributed by atoms with Crippen molar-refractivity contribution >= 4 is 23.4 Å². The zero-order chi connectivity index (χ0) is 18.4. The fraction of sp³-hybridized carbons (Fsp3) is 0.222. The molecule has 0 heterocycles. The quantitative estimate of drug-likeness (QED) is 0.329. The molecule has 2 aromatic carbocycles. The van der Waals surface area contributed by atoms with Crippen molar-refractivity contribution < 1.29 is 19.2 Å². The number of hydrogen-bond acceptors (Lipinski definition) is 6. The number of aliphatic imine (C=N–C) groups is 1. The number of nitro benzene ring substituents is 1. The molecule has 0 amide bonds. The number of ketones is 1. The first-order chi connectivity index (χ1) is 12.0. The minimum Gasteiger partial charge on any atom is -0.493 e. The number of carbonyl (C=O) groups excluding carboxylic acids is 1. The lowest BCUT2D eigenvalue weighted by atomic mass is 10.1. The molecule has 0 radical (unpaired) electrons. The van der Waals surface area contributed by atoms with Crippen molar-refractivity contribution in [2.24, 2.45) is 4.99 Å². The Kier molecular flexibility index (Phi) is 5.84. The van der Waals surface area contributed by atoms with E-state index in [1.807, 2.05) is 0 Å². The van der Waals surface area contributed by atoms with Crippen molar-refractivity contribution in [2.45, 2.75) is 13.3 Å². The van der Waals surface area contributed by atoms with Gasteiger partial charge in [0.2, 0.25) is 0 Å². The van der Waals surface area contributed by atoms with Crippen LogP contribution in [0.1, 0.15) is 22.3 Å². The summed E-state index contributed by atoms with van der Waals surface area (Å²) in [5.41, 5.74) is 1.76. The molecule has 0 N–H and O–H groups in total. The molecule has 0 aromatic heterocycles. The van der Waals surface area contributed by atoms with Crippen LogP contribution in [0.2, 0.25) is 0 Å². The number of nitrogens with zero attached hydrogens (tertiary/aromatic N) is 2. The maximum atomic E-state index is 12.3. The number of Topliss-reactive ketones (excluding diaryl/α,β-unsaturated/α-hetero) is 1. The van der Waals surface area contributed by atoms with Crippen molar-refractivity contribution in [3.05, 3.63) is 57.6 Å². The van der Waals surface area contributed by atoms with Crippen LogP contribution in [0.3, 0.4) is 0 Å². The third kappa shape index (κ3) is 4.41. The predicted octanol–water partition coefficient (Wildman–Crippen LogP) is 3.90. The first-order valence-electron chi connectivity index (χ1n) is 7.49. The molecule has 0 saturated heterocycles. The summed E-state index contributed by atoms with van der Waals surface area (Å²) in [4.78, 5) is 26.7. The van der Waals surface area contributed by atoms with Crippen LogP contribution in [-0.4, -0.2) is 31.1 Å². The van der Waals surface area contributed by atoms with Crippen molar-refractivity contribution in [3.8, 4) is 11.5 Å². The summed E-state index contributed by atoms with van der Waals surface area (Å²) in [6, 6.07) is 9.34. The zero-order valence-electron chi connectivity index (χ0n) is 14.2. The molecule has 2 aromatic rings. The van der Waals surface area contributed by atoms with Gasteiger partial charge < -0.3 is 9.47 Å². The van der Waals surface area contributed by atoms with Crippen molar-refractivity contribution in [3.63, 3.8) is 0 Å². The largest absolute Gasteiger partial charge is 0.493 e. The predicted molar refractivity (Wildman–Crippen MR) is 94.5 cm³/mol. The fourth-order valence-corrected chi connectivity index (χ4v) is 2.25. The summed E-state index contributed by atoms with van der Waals surface area (Å²) in [6.45, 7) is 1.73. The molecule has 2 rings (SSSR count). The van der Waals surface area contributed by atoms with E-state index in [-0.39, 0.29) is 17.9 Å². The highest BCUT2D eigenvalue weighted by Crippen LogP contribution is 2.28. The third-order valence-electron chi connectivity index (χ3n) is 3.60.